The Kier molecular flexibility index (Phi) is 6.23. The zero-order valence-corrected chi connectivity index (χ0v) is 13.6. The Morgan fingerprint density at radius 2 is 1.92 bits per heavy atom. The highest BCUT2D eigenvalue weighted by Crippen LogP contribution is 2.25. The first-order chi connectivity index (χ1) is 11.5. The zero-order chi connectivity index (χ0) is 17.5. The Balaban J connectivity index is 1.94. The third-order valence-corrected chi connectivity index (χ3v) is 3.62. The van der Waals surface area contributed by atoms with E-state index in [1.807, 2.05) is 30.3 Å². The number of benzene rings is 1. The maximum atomic E-state index is 12.3. The first-order valence-corrected chi connectivity index (χ1v) is 7.70. The van der Waals surface area contributed by atoms with Gasteiger partial charge in [0, 0.05) is 5.56 Å². The van der Waals surface area contributed by atoms with Crippen LogP contribution in [-0.2, 0) is 4.74 Å². The van der Waals surface area contributed by atoms with Crippen LogP contribution in [0.2, 0.25) is 0 Å². The van der Waals surface area contributed by atoms with Gasteiger partial charge in [0.25, 0.3) is 6.08 Å². The van der Waals surface area contributed by atoms with Gasteiger partial charge in [-0.3, -0.25) is 0 Å². The van der Waals surface area contributed by atoms with Crippen molar-refractivity contribution in [2.75, 3.05) is 6.61 Å². The molecule has 24 heavy (non-hydrogen) atoms. The maximum Gasteiger partial charge on any atom is 0.344 e. The van der Waals surface area contributed by atoms with E-state index < -0.39 is 12.0 Å². The van der Waals surface area contributed by atoms with Gasteiger partial charge in [-0.25, -0.2) is 4.79 Å². The fourth-order valence-electron chi connectivity index (χ4n) is 2.23. The van der Waals surface area contributed by atoms with E-state index in [1.165, 1.54) is 6.92 Å². The molecule has 0 aliphatic carbocycles. The number of aromatic nitrogens is 1. The number of hydrogen-bond acceptors (Lipinski definition) is 4. The Hall–Kier alpha value is -2.50. The number of esters is 1. The van der Waals surface area contributed by atoms with Gasteiger partial charge < -0.3 is 9.26 Å². The van der Waals surface area contributed by atoms with Gasteiger partial charge in [-0.2, -0.15) is 8.78 Å². The normalized spacial score (nSPS) is 10.5. The van der Waals surface area contributed by atoms with Crippen molar-refractivity contribution in [3.63, 3.8) is 0 Å². The number of ether oxygens (including phenoxy) is 1. The molecule has 0 N–H and O–H groups in total. The van der Waals surface area contributed by atoms with Crippen LogP contribution in [0.5, 0.6) is 0 Å². The summed E-state index contributed by atoms with van der Waals surface area (Å²) < 4.78 is 34.9. The number of carbonyl (C=O) groups is 1. The monoisotopic (exact) mass is 335 g/mol. The molecule has 6 heteroatoms. The molecular weight excluding hydrogens is 316 g/mol. The summed E-state index contributed by atoms with van der Waals surface area (Å²) in [6, 6.07) is 9.21. The molecule has 0 radical (unpaired) electrons. The fraction of sp³-hybridized carbons (Fsp3) is 0.333. The molecule has 128 valence electrons. The minimum absolute atomic E-state index is 0.0718. The van der Waals surface area contributed by atoms with Crippen LogP contribution in [0.15, 0.2) is 46.5 Å². The smallest absolute Gasteiger partial charge is 0.344 e. The second kappa shape index (κ2) is 8.38. The Morgan fingerprint density at radius 1 is 1.21 bits per heavy atom. The first-order valence-electron chi connectivity index (χ1n) is 7.70. The van der Waals surface area contributed by atoms with Crippen molar-refractivity contribution in [1.82, 2.24) is 5.16 Å². The molecule has 0 atom stereocenters. The second-order valence-electron chi connectivity index (χ2n) is 5.46. The molecule has 0 aliphatic heterocycles. The SMILES string of the molecule is CC(CCCCOC(=O)c1c(-c2ccccc2)noc1C)=C(F)F. The molecule has 2 aromatic rings. The van der Waals surface area contributed by atoms with E-state index >= 15 is 0 Å². The molecule has 0 fully saturated rings. The van der Waals surface area contributed by atoms with E-state index in [0.717, 1.165) is 5.56 Å². The summed E-state index contributed by atoms with van der Waals surface area (Å²) in [6.07, 6.45) is -0.299. The molecule has 0 saturated heterocycles. The van der Waals surface area contributed by atoms with E-state index in [-0.39, 0.29) is 12.2 Å². The molecule has 1 heterocycles. The molecule has 0 amide bonds. The number of carbonyl (C=O) groups excluding carboxylic acids is 1. The number of hydrogen-bond donors (Lipinski definition) is 0. The molecule has 0 bridgehead atoms. The lowest BCUT2D eigenvalue weighted by atomic mass is 10.1. The van der Waals surface area contributed by atoms with Crippen LogP contribution in [0, 0.1) is 6.92 Å². The standard InChI is InChI=1S/C18H19F2NO3/c1-12(17(19)20)8-6-7-11-23-18(22)15-13(2)24-21-16(15)14-9-4-3-5-10-14/h3-5,9-10H,6-8,11H2,1-2H3. The zero-order valence-electron chi connectivity index (χ0n) is 13.6. The molecule has 0 unspecified atom stereocenters. The number of nitrogens with zero attached hydrogens (tertiary/aromatic N) is 1. The van der Waals surface area contributed by atoms with Crippen molar-refractivity contribution in [2.45, 2.75) is 33.1 Å². The van der Waals surface area contributed by atoms with Crippen LogP contribution in [-0.4, -0.2) is 17.7 Å². The Morgan fingerprint density at radius 3 is 2.58 bits per heavy atom. The molecule has 2 rings (SSSR count). The van der Waals surface area contributed by atoms with Gasteiger partial charge in [0.15, 0.2) is 0 Å². The summed E-state index contributed by atoms with van der Waals surface area (Å²) in [5, 5.41) is 3.93. The highest BCUT2D eigenvalue weighted by Gasteiger charge is 2.22. The van der Waals surface area contributed by atoms with E-state index in [4.69, 9.17) is 9.26 Å². The summed E-state index contributed by atoms with van der Waals surface area (Å²) in [6.45, 7) is 3.21. The lowest BCUT2D eigenvalue weighted by Crippen LogP contribution is -2.08. The van der Waals surface area contributed by atoms with E-state index in [1.54, 1.807) is 6.92 Å². The molecule has 1 aromatic heterocycles. The highest BCUT2D eigenvalue weighted by atomic mass is 19.3. The molecule has 0 saturated carbocycles. The summed E-state index contributed by atoms with van der Waals surface area (Å²) in [5.74, 6) is -0.131. The van der Waals surface area contributed by atoms with Gasteiger partial charge >= 0.3 is 5.97 Å². The van der Waals surface area contributed by atoms with E-state index in [0.29, 0.717) is 36.3 Å². The van der Waals surface area contributed by atoms with Gasteiger partial charge in [-0.15, -0.1) is 0 Å². The van der Waals surface area contributed by atoms with Crippen LogP contribution in [0.25, 0.3) is 11.3 Å². The van der Waals surface area contributed by atoms with Gasteiger partial charge in [-0.1, -0.05) is 35.5 Å². The van der Waals surface area contributed by atoms with Crippen LogP contribution in [0.3, 0.4) is 0 Å². The quantitative estimate of drug-likeness (QED) is 0.519. The first kappa shape index (κ1) is 17.8. The largest absolute Gasteiger partial charge is 0.462 e. The number of unbranched alkanes of at least 4 members (excludes halogenated alkanes) is 1. The molecule has 0 spiro atoms. The average Bonchev–Trinajstić information content (AvgIpc) is 2.96. The van der Waals surface area contributed by atoms with Crippen molar-refractivity contribution >= 4 is 5.97 Å². The van der Waals surface area contributed by atoms with Crippen LogP contribution in [0.4, 0.5) is 8.78 Å². The minimum atomic E-state index is -1.64. The predicted octanol–water partition coefficient (Wildman–Crippen LogP) is 5.15. The molecule has 1 aromatic carbocycles. The topological polar surface area (TPSA) is 52.3 Å². The third-order valence-electron chi connectivity index (χ3n) is 3.62. The molecule has 0 aliphatic rings. The van der Waals surface area contributed by atoms with Crippen molar-refractivity contribution in [2.24, 2.45) is 0 Å². The highest BCUT2D eigenvalue weighted by molar-refractivity contribution is 5.97. The minimum Gasteiger partial charge on any atom is -0.462 e. The number of aryl methyl sites for hydroxylation is 1. The van der Waals surface area contributed by atoms with Crippen molar-refractivity contribution in [1.29, 1.82) is 0 Å². The average molecular weight is 335 g/mol. The van der Waals surface area contributed by atoms with Crippen LogP contribution < -0.4 is 0 Å². The Labute approximate surface area is 139 Å². The summed E-state index contributed by atoms with van der Waals surface area (Å²) in [5.41, 5.74) is 1.58. The third kappa shape index (κ3) is 4.50. The molecule has 4 nitrogen and oxygen atoms in total. The lowest BCUT2D eigenvalue weighted by Gasteiger charge is -2.05. The number of halogens is 2. The van der Waals surface area contributed by atoms with Crippen molar-refractivity contribution in [3.05, 3.63) is 53.3 Å². The fourth-order valence-corrected chi connectivity index (χ4v) is 2.23. The second-order valence-corrected chi connectivity index (χ2v) is 5.46. The van der Waals surface area contributed by atoms with Crippen molar-refractivity contribution in [3.8, 4) is 11.3 Å². The lowest BCUT2D eigenvalue weighted by molar-refractivity contribution is 0.0497. The van der Waals surface area contributed by atoms with Crippen LogP contribution in [0.1, 0.15) is 42.3 Å². The Bertz CT molecular complexity index is 719. The van der Waals surface area contributed by atoms with Gasteiger partial charge in [0.1, 0.15) is 17.0 Å². The molecular formula is C18H19F2NO3. The van der Waals surface area contributed by atoms with Gasteiger partial charge in [0.2, 0.25) is 0 Å². The van der Waals surface area contributed by atoms with Gasteiger partial charge in [0.05, 0.1) is 6.61 Å². The number of allylic oxidation sites excluding steroid dienone is 1. The summed E-state index contributed by atoms with van der Waals surface area (Å²) >= 11 is 0. The van der Waals surface area contributed by atoms with E-state index in [9.17, 15) is 13.6 Å². The van der Waals surface area contributed by atoms with Gasteiger partial charge in [-0.05, 0) is 38.7 Å². The number of rotatable bonds is 7. The predicted molar refractivity (Wildman–Crippen MR) is 85.7 cm³/mol. The summed E-state index contributed by atoms with van der Waals surface area (Å²) in [4.78, 5) is 12.3. The van der Waals surface area contributed by atoms with Crippen molar-refractivity contribution < 1.29 is 22.8 Å². The maximum absolute atomic E-state index is 12.3. The van der Waals surface area contributed by atoms with E-state index in [2.05, 4.69) is 5.16 Å². The summed E-state index contributed by atoms with van der Waals surface area (Å²) in [7, 11) is 0. The van der Waals surface area contributed by atoms with Crippen LogP contribution >= 0.6 is 0 Å².